The first-order valence-corrected chi connectivity index (χ1v) is 8.39. The number of amides is 1. The second-order valence-corrected chi connectivity index (χ2v) is 6.56. The number of nitrogens with zero attached hydrogens (tertiary/aromatic N) is 2. The number of hydrogen-bond donors (Lipinski definition) is 1. The number of rotatable bonds is 6. The van der Waals surface area contributed by atoms with Crippen LogP contribution < -0.4 is 5.32 Å². The maximum Gasteiger partial charge on any atom is 0.241 e. The number of carbonyl (C=O) groups excluding carboxylic acids is 1. The molecule has 20 heavy (non-hydrogen) atoms. The molecule has 3 atom stereocenters. The molecule has 0 saturated carbocycles. The van der Waals surface area contributed by atoms with Gasteiger partial charge >= 0.3 is 0 Å². The van der Waals surface area contributed by atoms with Crippen LogP contribution in [-0.2, 0) is 4.79 Å². The fraction of sp³-hybridized carbons (Fsp3) is 0.938. The zero-order chi connectivity index (χ0) is 14.5. The molecule has 4 heteroatoms. The van der Waals surface area contributed by atoms with Crippen LogP contribution in [0.1, 0.15) is 52.9 Å². The molecular formula is C16H31N3O. The van der Waals surface area contributed by atoms with E-state index in [9.17, 15) is 4.79 Å². The molecule has 2 fully saturated rings. The predicted octanol–water partition coefficient (Wildman–Crippen LogP) is 2.05. The first-order valence-electron chi connectivity index (χ1n) is 8.39. The summed E-state index contributed by atoms with van der Waals surface area (Å²) in [6.45, 7) is 10.7. The van der Waals surface area contributed by atoms with Crippen molar-refractivity contribution >= 4 is 5.91 Å². The normalized spacial score (nSPS) is 29.9. The van der Waals surface area contributed by atoms with E-state index in [0.29, 0.717) is 11.8 Å². The minimum atomic E-state index is 0.0499. The van der Waals surface area contributed by atoms with Gasteiger partial charge in [0.05, 0.1) is 12.7 Å². The van der Waals surface area contributed by atoms with Crippen molar-refractivity contribution in [1.82, 2.24) is 15.1 Å². The van der Waals surface area contributed by atoms with Gasteiger partial charge < -0.3 is 9.80 Å². The molecular weight excluding hydrogens is 250 g/mol. The summed E-state index contributed by atoms with van der Waals surface area (Å²) >= 11 is 0. The summed E-state index contributed by atoms with van der Waals surface area (Å²) in [5.41, 5.74) is 0. The molecule has 0 aromatic carbocycles. The number of likely N-dealkylation sites (tertiary alicyclic amines) is 1. The van der Waals surface area contributed by atoms with E-state index < -0.39 is 0 Å². The Balaban J connectivity index is 1.71. The van der Waals surface area contributed by atoms with Crippen LogP contribution in [0.25, 0.3) is 0 Å². The van der Waals surface area contributed by atoms with Gasteiger partial charge in [0.25, 0.3) is 0 Å². The zero-order valence-electron chi connectivity index (χ0n) is 13.4. The molecule has 1 amide bonds. The number of carbonyl (C=O) groups is 1. The lowest BCUT2D eigenvalue weighted by atomic mass is 9.99. The Morgan fingerprint density at radius 3 is 2.85 bits per heavy atom. The fourth-order valence-electron chi connectivity index (χ4n) is 3.39. The largest absolute Gasteiger partial charge is 0.328 e. The lowest BCUT2D eigenvalue weighted by Gasteiger charge is -2.33. The van der Waals surface area contributed by atoms with Crippen molar-refractivity contribution in [2.45, 2.75) is 65.0 Å². The van der Waals surface area contributed by atoms with Crippen LogP contribution in [-0.4, -0.2) is 54.1 Å². The van der Waals surface area contributed by atoms with Gasteiger partial charge in [-0.05, 0) is 38.6 Å². The van der Waals surface area contributed by atoms with Crippen molar-refractivity contribution in [2.24, 2.45) is 5.92 Å². The summed E-state index contributed by atoms with van der Waals surface area (Å²) in [5, 5.41) is 3.37. The van der Waals surface area contributed by atoms with Crippen LogP contribution in [0, 0.1) is 5.92 Å². The predicted molar refractivity (Wildman–Crippen MR) is 82.5 cm³/mol. The van der Waals surface area contributed by atoms with Crippen molar-refractivity contribution < 1.29 is 4.79 Å². The summed E-state index contributed by atoms with van der Waals surface area (Å²) < 4.78 is 0. The maximum absolute atomic E-state index is 12.3. The molecule has 4 nitrogen and oxygen atoms in total. The van der Waals surface area contributed by atoms with Crippen LogP contribution in [0.15, 0.2) is 0 Å². The highest BCUT2D eigenvalue weighted by Crippen LogP contribution is 2.18. The Hall–Kier alpha value is -0.610. The molecule has 0 radical (unpaired) electrons. The molecule has 116 valence electrons. The highest BCUT2D eigenvalue weighted by molar-refractivity contribution is 5.84. The van der Waals surface area contributed by atoms with Gasteiger partial charge in [-0.2, -0.15) is 0 Å². The first-order chi connectivity index (χ1) is 9.63. The summed E-state index contributed by atoms with van der Waals surface area (Å²) in [6, 6.07) is 0.776. The summed E-state index contributed by atoms with van der Waals surface area (Å²) in [6.07, 6.45) is 6.21. The van der Waals surface area contributed by atoms with Crippen molar-refractivity contribution in [2.75, 3.05) is 26.3 Å². The highest BCUT2D eigenvalue weighted by Gasteiger charge is 2.33. The number of nitrogens with one attached hydrogen (secondary N) is 1. The molecule has 0 bridgehead atoms. The smallest absolute Gasteiger partial charge is 0.241 e. The first kappa shape index (κ1) is 15.8. The van der Waals surface area contributed by atoms with E-state index in [0.717, 1.165) is 38.6 Å². The van der Waals surface area contributed by atoms with E-state index in [1.807, 2.05) is 4.90 Å². The van der Waals surface area contributed by atoms with E-state index in [1.54, 1.807) is 0 Å². The Bertz CT molecular complexity index is 321. The van der Waals surface area contributed by atoms with Gasteiger partial charge in [0.2, 0.25) is 5.91 Å². The molecule has 0 aromatic rings. The van der Waals surface area contributed by atoms with Crippen molar-refractivity contribution in [3.8, 4) is 0 Å². The van der Waals surface area contributed by atoms with Crippen molar-refractivity contribution in [1.29, 1.82) is 0 Å². The molecule has 0 spiro atoms. The van der Waals surface area contributed by atoms with E-state index in [1.165, 1.54) is 25.8 Å². The third-order valence-corrected chi connectivity index (χ3v) is 5.11. The van der Waals surface area contributed by atoms with Gasteiger partial charge in [0.15, 0.2) is 0 Å². The molecule has 2 saturated heterocycles. The second-order valence-electron chi connectivity index (χ2n) is 6.56. The van der Waals surface area contributed by atoms with Crippen LogP contribution in [0.4, 0.5) is 0 Å². The second kappa shape index (κ2) is 7.41. The van der Waals surface area contributed by atoms with Gasteiger partial charge in [-0.1, -0.05) is 26.7 Å². The quantitative estimate of drug-likeness (QED) is 0.809. The molecule has 2 aliphatic heterocycles. The molecule has 0 aliphatic carbocycles. The van der Waals surface area contributed by atoms with Crippen molar-refractivity contribution in [3.63, 3.8) is 0 Å². The zero-order valence-corrected chi connectivity index (χ0v) is 13.4. The van der Waals surface area contributed by atoms with Crippen molar-refractivity contribution in [3.05, 3.63) is 0 Å². The van der Waals surface area contributed by atoms with E-state index >= 15 is 0 Å². The average molecular weight is 281 g/mol. The van der Waals surface area contributed by atoms with Gasteiger partial charge in [-0.15, -0.1) is 0 Å². The van der Waals surface area contributed by atoms with Crippen LogP contribution >= 0.6 is 0 Å². The standard InChI is InChI=1S/C16H31N3O/c1-4-13(2)15-16(20)19(12-17-15)11-7-10-18-9-6-5-8-14(18)3/h13-15,17H,4-12H2,1-3H3. The summed E-state index contributed by atoms with van der Waals surface area (Å²) in [4.78, 5) is 16.9. The van der Waals surface area contributed by atoms with Crippen LogP contribution in [0.2, 0.25) is 0 Å². The molecule has 3 unspecified atom stereocenters. The number of piperidine rings is 1. The molecule has 1 N–H and O–H groups in total. The molecule has 2 rings (SSSR count). The fourth-order valence-corrected chi connectivity index (χ4v) is 3.39. The monoisotopic (exact) mass is 281 g/mol. The highest BCUT2D eigenvalue weighted by atomic mass is 16.2. The lowest BCUT2D eigenvalue weighted by Crippen LogP contribution is -2.40. The molecule has 2 aliphatic rings. The van der Waals surface area contributed by atoms with E-state index in [4.69, 9.17) is 0 Å². The van der Waals surface area contributed by atoms with E-state index in [-0.39, 0.29) is 6.04 Å². The van der Waals surface area contributed by atoms with Gasteiger partial charge in [0.1, 0.15) is 0 Å². The molecule has 0 aromatic heterocycles. The molecule has 2 heterocycles. The van der Waals surface area contributed by atoms with Crippen LogP contribution in [0.3, 0.4) is 0 Å². The third-order valence-electron chi connectivity index (χ3n) is 5.11. The van der Waals surface area contributed by atoms with Crippen LogP contribution in [0.5, 0.6) is 0 Å². The Kier molecular flexibility index (Phi) is 5.85. The van der Waals surface area contributed by atoms with Gasteiger partial charge in [-0.3, -0.25) is 10.1 Å². The SMILES string of the molecule is CCC(C)C1NCN(CCCN2CCCCC2C)C1=O. The maximum atomic E-state index is 12.3. The Labute approximate surface area is 123 Å². The summed E-state index contributed by atoms with van der Waals surface area (Å²) in [7, 11) is 0. The minimum Gasteiger partial charge on any atom is -0.328 e. The Morgan fingerprint density at radius 2 is 2.15 bits per heavy atom. The topological polar surface area (TPSA) is 35.6 Å². The average Bonchev–Trinajstić information content (AvgIpc) is 2.82. The Morgan fingerprint density at radius 1 is 1.35 bits per heavy atom. The van der Waals surface area contributed by atoms with Gasteiger partial charge in [-0.25, -0.2) is 0 Å². The number of hydrogen-bond acceptors (Lipinski definition) is 3. The lowest BCUT2D eigenvalue weighted by molar-refractivity contribution is -0.129. The minimum absolute atomic E-state index is 0.0499. The summed E-state index contributed by atoms with van der Waals surface area (Å²) in [5.74, 6) is 0.751. The van der Waals surface area contributed by atoms with E-state index in [2.05, 4.69) is 31.0 Å². The van der Waals surface area contributed by atoms with Gasteiger partial charge in [0, 0.05) is 19.1 Å². The third kappa shape index (κ3) is 3.73.